The first-order valence-corrected chi connectivity index (χ1v) is 38.6. The van der Waals surface area contributed by atoms with Crippen LogP contribution in [0.1, 0.15) is 292 Å². The minimum atomic E-state index is -2.24. The molecule has 0 N–H and O–H groups in total. The van der Waals surface area contributed by atoms with Gasteiger partial charge in [0.15, 0.2) is 0 Å². The first kappa shape index (κ1) is 90.3. The van der Waals surface area contributed by atoms with Crippen molar-refractivity contribution in [1.29, 1.82) is 0 Å². The highest BCUT2D eigenvalue weighted by Crippen LogP contribution is 2.50. The van der Waals surface area contributed by atoms with Crippen LogP contribution in [0.5, 0.6) is 0 Å². The number of ether oxygens (including phenoxy) is 5. The lowest BCUT2D eigenvalue weighted by atomic mass is 9.61. The molecular weight excluding hydrogens is 1130 g/mol. The lowest BCUT2D eigenvalue weighted by Crippen LogP contribution is -2.50. The van der Waals surface area contributed by atoms with Gasteiger partial charge in [-0.2, -0.15) is 0 Å². The van der Waals surface area contributed by atoms with Crippen molar-refractivity contribution in [2.75, 3.05) is 59.5 Å². The van der Waals surface area contributed by atoms with Crippen LogP contribution in [-0.2, 0) is 28.5 Å². The van der Waals surface area contributed by atoms with Crippen molar-refractivity contribution in [3.8, 4) is 0 Å². The number of hydrogen-bond donors (Lipinski definition) is 0. The van der Waals surface area contributed by atoms with Crippen LogP contribution in [0.3, 0.4) is 0 Å². The minimum absolute atomic E-state index is 0. The van der Waals surface area contributed by atoms with Gasteiger partial charge in [-0.25, -0.2) is 8.78 Å². The van der Waals surface area contributed by atoms with Gasteiger partial charge in [-0.3, -0.25) is 4.79 Å². The number of ketones is 1. The molecule has 15 unspecified atom stereocenters. The van der Waals surface area contributed by atoms with E-state index in [9.17, 15) is 13.6 Å². The molecule has 7 rings (SSSR count). The third-order valence-electron chi connectivity index (χ3n) is 24.9. The van der Waals surface area contributed by atoms with Crippen molar-refractivity contribution in [3.63, 3.8) is 0 Å². The summed E-state index contributed by atoms with van der Waals surface area (Å²) in [4.78, 5) is 11.3. The Hall–Kier alpha value is -0.670. The summed E-state index contributed by atoms with van der Waals surface area (Å²) in [5, 5.41) is 0. The van der Waals surface area contributed by atoms with E-state index < -0.39 is 11.8 Å². The van der Waals surface area contributed by atoms with Gasteiger partial charge in [-0.05, 0) is 218 Å². The molecule has 91 heavy (non-hydrogen) atoms. The summed E-state index contributed by atoms with van der Waals surface area (Å²) in [7, 11) is 0. The fourth-order valence-corrected chi connectivity index (χ4v) is 18.3. The molecule has 0 aromatic carbocycles. The highest BCUT2D eigenvalue weighted by molar-refractivity contribution is 5.79. The monoisotopic (exact) mass is 1300 g/mol. The maximum atomic E-state index is 13.4. The Bertz CT molecular complexity index is 1660. The standard InChI is InChI=1S/C12H22F2O.2C12H24O.C12H22O.C12H24.2C11H22O.CH4/c1-8(2)10-7-15-6-5-12(10,9(3)4)11(13)14;1-9(2)11-8-13-7-6-12(11,5)10(3)4;1-8(2)11-6-7-13-10(5)12(11)9(3)4;1-8(2)11-6-5-10(13)7-12(11)9(3)4;1-9(2)11-7-5-6-8-12(11)10(3)4;2*1-8(2)10-5-6-12-7-11(10)9(3)4;/h8-11H,5-7H2,1-4H3;9-11H,6-8H2,1-5H3;8-12H,6-7H2,1-5H3;8-9,11-12H,5-7H2,1-4H3;9-12H,5-8H2,1-4H3;2*8-11H,5-7H2,1-4H3;1H4. The van der Waals surface area contributed by atoms with E-state index in [4.69, 9.17) is 23.7 Å². The van der Waals surface area contributed by atoms with Crippen molar-refractivity contribution >= 4 is 5.78 Å². The number of Topliss-reactive ketones (excluding diaryl/α,β-unsaturated/α-hetero) is 1. The van der Waals surface area contributed by atoms with Crippen LogP contribution in [-0.4, -0.2) is 77.8 Å². The lowest BCUT2D eigenvalue weighted by molar-refractivity contribution is -0.160. The Morgan fingerprint density at radius 1 is 0.374 bits per heavy atom. The zero-order chi connectivity index (χ0) is 69.1. The summed E-state index contributed by atoms with van der Waals surface area (Å²) in [6.45, 7) is 76.2. The van der Waals surface area contributed by atoms with E-state index >= 15 is 0 Å². The maximum absolute atomic E-state index is 13.4. The van der Waals surface area contributed by atoms with Gasteiger partial charge in [0.25, 0.3) is 0 Å². The van der Waals surface area contributed by atoms with E-state index in [1.54, 1.807) is 0 Å². The van der Waals surface area contributed by atoms with E-state index in [0.29, 0.717) is 48.8 Å². The third kappa shape index (κ3) is 29.0. The summed E-state index contributed by atoms with van der Waals surface area (Å²) < 4.78 is 54.5. The van der Waals surface area contributed by atoms with Crippen LogP contribution in [0.25, 0.3) is 0 Å². The zero-order valence-corrected chi connectivity index (χ0v) is 65.7. The van der Waals surface area contributed by atoms with Crippen molar-refractivity contribution in [3.05, 3.63) is 0 Å². The molecule has 8 heteroatoms. The van der Waals surface area contributed by atoms with Gasteiger partial charge in [0.2, 0.25) is 6.43 Å². The lowest BCUT2D eigenvalue weighted by Gasteiger charge is -2.48. The van der Waals surface area contributed by atoms with Crippen LogP contribution in [0.4, 0.5) is 8.78 Å². The molecule has 0 aromatic heterocycles. The molecule has 0 spiro atoms. The fraction of sp³-hybridized carbons (Fsp3) is 0.988. The van der Waals surface area contributed by atoms with Gasteiger partial charge >= 0.3 is 0 Å². The average molecular weight is 1300 g/mol. The Morgan fingerprint density at radius 2 is 0.725 bits per heavy atom. The molecule has 5 saturated heterocycles. The number of hydrogen-bond acceptors (Lipinski definition) is 6. The highest BCUT2D eigenvalue weighted by Gasteiger charge is 2.52. The van der Waals surface area contributed by atoms with E-state index in [1.807, 2.05) is 27.7 Å². The zero-order valence-electron chi connectivity index (χ0n) is 65.7. The number of alkyl halides is 2. The predicted octanol–water partition coefficient (Wildman–Crippen LogP) is 24.2. The molecule has 5 heterocycles. The first-order valence-electron chi connectivity index (χ1n) is 38.6. The molecule has 7 fully saturated rings. The molecule has 2 aliphatic carbocycles. The molecule has 0 radical (unpaired) electrons. The normalized spacial score (nSPS) is 32.4. The van der Waals surface area contributed by atoms with E-state index in [1.165, 1.54) is 51.4 Å². The molecule has 546 valence electrons. The predicted molar refractivity (Wildman–Crippen MR) is 392 cm³/mol. The van der Waals surface area contributed by atoms with Gasteiger partial charge in [-0.1, -0.05) is 221 Å². The van der Waals surface area contributed by atoms with Crippen molar-refractivity contribution in [2.24, 2.45) is 165 Å². The average Bonchev–Trinajstić information content (AvgIpc) is 0.833. The molecule has 2 saturated carbocycles. The summed E-state index contributed by atoms with van der Waals surface area (Å²) >= 11 is 0. The largest absolute Gasteiger partial charge is 0.381 e. The van der Waals surface area contributed by atoms with Crippen LogP contribution in [0, 0.1) is 165 Å². The highest BCUT2D eigenvalue weighted by atomic mass is 19.3. The van der Waals surface area contributed by atoms with Gasteiger partial charge in [-0.15, -0.1) is 0 Å². The number of carbonyl (C=O) groups excluding carboxylic acids is 1. The van der Waals surface area contributed by atoms with Crippen LogP contribution < -0.4 is 0 Å². The van der Waals surface area contributed by atoms with E-state index in [-0.39, 0.29) is 25.2 Å². The van der Waals surface area contributed by atoms with Gasteiger partial charge in [0, 0.05) is 64.5 Å². The third-order valence-corrected chi connectivity index (χ3v) is 24.9. The maximum Gasteiger partial charge on any atom is 0.244 e. The van der Waals surface area contributed by atoms with E-state index in [0.717, 1.165) is 190 Å². The second kappa shape index (κ2) is 45.1. The number of carbonyl (C=O) groups is 1. The molecule has 7 aliphatic rings. The Labute approximate surface area is 569 Å². The number of halogens is 2. The smallest absolute Gasteiger partial charge is 0.244 e. The fourth-order valence-electron chi connectivity index (χ4n) is 18.3. The summed E-state index contributed by atoms with van der Waals surface area (Å²) in [5.41, 5.74) is -0.348. The molecule has 0 bridgehead atoms. The van der Waals surface area contributed by atoms with Crippen molar-refractivity contribution in [1.82, 2.24) is 0 Å². The van der Waals surface area contributed by atoms with Crippen LogP contribution >= 0.6 is 0 Å². The molecule has 5 aliphatic heterocycles. The first-order chi connectivity index (χ1) is 41.8. The second-order valence-electron chi connectivity index (χ2n) is 35.2. The Kier molecular flexibility index (Phi) is 44.8. The topological polar surface area (TPSA) is 63.2 Å². The second-order valence-corrected chi connectivity index (χ2v) is 35.2. The molecule has 0 aromatic rings. The van der Waals surface area contributed by atoms with Crippen LogP contribution in [0.2, 0.25) is 0 Å². The van der Waals surface area contributed by atoms with Crippen LogP contribution in [0.15, 0.2) is 0 Å². The quantitative estimate of drug-likeness (QED) is 0.163. The van der Waals surface area contributed by atoms with Gasteiger partial charge in [0.05, 0.1) is 19.3 Å². The summed E-state index contributed by atoms with van der Waals surface area (Å²) in [6.07, 6.45) is 12.4. The Morgan fingerprint density at radius 3 is 1.03 bits per heavy atom. The molecule has 6 nitrogen and oxygen atoms in total. The summed E-state index contributed by atoms with van der Waals surface area (Å²) in [5.74, 6) is 19.3. The van der Waals surface area contributed by atoms with Crippen molar-refractivity contribution in [2.45, 2.75) is 305 Å². The van der Waals surface area contributed by atoms with Gasteiger partial charge < -0.3 is 23.7 Å². The molecule has 15 atom stereocenters. The minimum Gasteiger partial charge on any atom is -0.381 e. The van der Waals surface area contributed by atoms with Gasteiger partial charge in [0.1, 0.15) is 5.78 Å². The summed E-state index contributed by atoms with van der Waals surface area (Å²) in [6, 6.07) is 0. The molecular formula is C83H164F2O6. The van der Waals surface area contributed by atoms with Crippen molar-refractivity contribution < 1.29 is 37.3 Å². The molecule has 0 amide bonds. The SMILES string of the molecule is C.CC(C)C1CCC(=O)CC1C(C)C.CC(C)C1CCCCC1C(C)C.CC(C)C1CCOC(C)C1C(C)C.CC(C)C1CCOCC1C(C)C.CC(C)C1CCOCC1C(C)C.CC(C)C1COCCC1(C(C)C)C(F)F.CC(C)C1COCCC1(C)C(C)C. The number of rotatable bonds is 15. The van der Waals surface area contributed by atoms with E-state index in [2.05, 4.69) is 180 Å². The Balaban J connectivity index is 0.00000104.